The van der Waals surface area contributed by atoms with Crippen LogP contribution in [-0.4, -0.2) is 24.8 Å². The van der Waals surface area contributed by atoms with Gasteiger partial charge >= 0.3 is 5.97 Å². The molecule has 0 aliphatic rings. The van der Waals surface area contributed by atoms with Crippen molar-refractivity contribution in [2.24, 2.45) is 4.99 Å². The Morgan fingerprint density at radius 3 is 2.46 bits per heavy atom. The molecule has 0 aromatic heterocycles. The summed E-state index contributed by atoms with van der Waals surface area (Å²) in [6.07, 6.45) is 2.23. The van der Waals surface area contributed by atoms with Gasteiger partial charge in [-0.25, -0.2) is 0 Å². The predicted octanol–water partition coefficient (Wildman–Crippen LogP) is 2.20. The number of rotatable bonds is 5. The first-order valence-electron chi connectivity index (χ1n) is 4.72. The number of hydrogen-bond donors (Lipinski definition) is 0. The van der Waals surface area contributed by atoms with Gasteiger partial charge in [-0.15, -0.1) is 0 Å². The van der Waals surface area contributed by atoms with E-state index in [2.05, 4.69) is 16.7 Å². The van der Waals surface area contributed by atoms with Gasteiger partial charge in [0.2, 0.25) is 0 Å². The van der Waals surface area contributed by atoms with Crippen molar-refractivity contribution in [3.63, 3.8) is 0 Å². The van der Waals surface area contributed by atoms with Crippen molar-refractivity contribution in [1.82, 2.24) is 0 Å². The van der Waals surface area contributed by atoms with Gasteiger partial charge in [0.15, 0.2) is 0 Å². The number of methoxy groups -OCH3 is 1. The van der Waals surface area contributed by atoms with E-state index in [1.54, 1.807) is 0 Å². The van der Waals surface area contributed by atoms with E-state index in [4.69, 9.17) is 0 Å². The lowest BCUT2D eigenvalue weighted by molar-refractivity contribution is -0.139. The normalized spacial score (nSPS) is 11.9. The van der Waals surface area contributed by atoms with Gasteiger partial charge < -0.3 is 4.74 Å². The fraction of sp³-hybridized carbons (Fsp3) is 0.800. The first kappa shape index (κ1) is 12.1. The molecule has 0 saturated carbocycles. The molecule has 0 aliphatic heterocycles. The topological polar surface area (TPSA) is 38.7 Å². The number of esters is 1. The van der Waals surface area contributed by atoms with Crippen molar-refractivity contribution in [3.05, 3.63) is 0 Å². The monoisotopic (exact) mass is 185 g/mol. The number of ether oxygens (including phenoxy) is 1. The second kappa shape index (κ2) is 6.63. The Kier molecular flexibility index (Phi) is 6.20. The van der Waals surface area contributed by atoms with Crippen LogP contribution in [0.2, 0.25) is 0 Å². The fourth-order valence-electron chi connectivity index (χ4n) is 1.09. The smallest absolute Gasteiger partial charge is 0.311 e. The number of carbonyl (C=O) groups is 1. The van der Waals surface area contributed by atoms with E-state index in [-0.39, 0.29) is 12.0 Å². The van der Waals surface area contributed by atoms with E-state index in [0.717, 1.165) is 18.6 Å². The van der Waals surface area contributed by atoms with E-state index >= 15 is 0 Å². The van der Waals surface area contributed by atoms with Crippen molar-refractivity contribution < 1.29 is 9.53 Å². The second-order valence-electron chi connectivity index (χ2n) is 3.29. The zero-order chi connectivity index (χ0) is 10.3. The molecular weight excluding hydrogens is 166 g/mol. The zero-order valence-corrected chi connectivity index (χ0v) is 8.96. The number of hydrogen-bond acceptors (Lipinski definition) is 3. The van der Waals surface area contributed by atoms with Crippen molar-refractivity contribution >= 4 is 11.7 Å². The van der Waals surface area contributed by atoms with Crippen LogP contribution in [-0.2, 0) is 9.53 Å². The molecular formula is C10H19NO2. The average molecular weight is 185 g/mol. The number of nitrogens with zero attached hydrogens (tertiary/aromatic N) is 1. The molecule has 13 heavy (non-hydrogen) atoms. The van der Waals surface area contributed by atoms with E-state index in [1.165, 1.54) is 7.11 Å². The fourth-order valence-corrected chi connectivity index (χ4v) is 1.09. The van der Waals surface area contributed by atoms with Crippen LogP contribution in [0.4, 0.5) is 0 Å². The predicted molar refractivity (Wildman–Crippen MR) is 54.1 cm³/mol. The average Bonchev–Trinajstić information content (AvgIpc) is 2.03. The SMILES string of the molecule is CCCC(CC(=O)OC)=NC(C)C. The van der Waals surface area contributed by atoms with Crippen LogP contribution in [0.3, 0.4) is 0 Å². The lowest BCUT2D eigenvalue weighted by atomic mass is 10.1. The summed E-state index contributed by atoms with van der Waals surface area (Å²) in [4.78, 5) is 15.3. The zero-order valence-electron chi connectivity index (χ0n) is 8.96. The Hall–Kier alpha value is -0.860. The van der Waals surface area contributed by atoms with Gasteiger partial charge in [0.05, 0.1) is 13.5 Å². The lowest BCUT2D eigenvalue weighted by Crippen LogP contribution is -2.11. The minimum Gasteiger partial charge on any atom is -0.469 e. The Morgan fingerprint density at radius 2 is 2.08 bits per heavy atom. The highest BCUT2D eigenvalue weighted by Gasteiger charge is 2.06. The summed E-state index contributed by atoms with van der Waals surface area (Å²) in [6.45, 7) is 6.09. The first-order chi connectivity index (χ1) is 6.10. The van der Waals surface area contributed by atoms with Crippen molar-refractivity contribution in [1.29, 1.82) is 0 Å². The van der Waals surface area contributed by atoms with Gasteiger partial charge in [-0.05, 0) is 20.3 Å². The molecule has 3 nitrogen and oxygen atoms in total. The summed E-state index contributed by atoms with van der Waals surface area (Å²) >= 11 is 0. The molecule has 0 amide bonds. The summed E-state index contributed by atoms with van der Waals surface area (Å²) in [5.41, 5.74) is 0.948. The van der Waals surface area contributed by atoms with Crippen LogP contribution < -0.4 is 0 Å². The third kappa shape index (κ3) is 6.31. The highest BCUT2D eigenvalue weighted by Crippen LogP contribution is 2.01. The van der Waals surface area contributed by atoms with Gasteiger partial charge in [-0.1, -0.05) is 13.3 Å². The largest absolute Gasteiger partial charge is 0.469 e. The Bertz CT molecular complexity index is 185. The first-order valence-corrected chi connectivity index (χ1v) is 4.72. The van der Waals surface area contributed by atoms with E-state index in [0.29, 0.717) is 6.42 Å². The van der Waals surface area contributed by atoms with Crippen molar-refractivity contribution in [2.75, 3.05) is 7.11 Å². The van der Waals surface area contributed by atoms with Crippen LogP contribution in [0, 0.1) is 0 Å². The molecule has 0 aromatic carbocycles. The van der Waals surface area contributed by atoms with Crippen molar-refractivity contribution in [3.8, 4) is 0 Å². The maximum atomic E-state index is 11.0. The number of aliphatic imine (C=N–C) groups is 1. The standard InChI is InChI=1S/C10H19NO2/c1-5-6-9(11-8(2)3)7-10(12)13-4/h8H,5-7H2,1-4H3. The molecule has 0 atom stereocenters. The third-order valence-electron chi connectivity index (χ3n) is 1.56. The Morgan fingerprint density at radius 1 is 1.46 bits per heavy atom. The van der Waals surface area contributed by atoms with Crippen LogP contribution in [0.25, 0.3) is 0 Å². The quantitative estimate of drug-likeness (QED) is 0.486. The summed E-state index contributed by atoms with van der Waals surface area (Å²) in [6, 6.07) is 0.256. The van der Waals surface area contributed by atoms with Crippen molar-refractivity contribution in [2.45, 2.75) is 46.1 Å². The molecule has 0 aliphatic carbocycles. The summed E-state index contributed by atoms with van der Waals surface area (Å²) in [5, 5.41) is 0. The van der Waals surface area contributed by atoms with Gasteiger partial charge in [0, 0.05) is 11.8 Å². The summed E-state index contributed by atoms with van der Waals surface area (Å²) < 4.78 is 4.59. The third-order valence-corrected chi connectivity index (χ3v) is 1.56. The van der Waals surface area contributed by atoms with Gasteiger partial charge in [0.25, 0.3) is 0 Å². The highest BCUT2D eigenvalue weighted by molar-refractivity contribution is 5.98. The molecule has 0 radical (unpaired) electrons. The van der Waals surface area contributed by atoms with E-state index in [1.807, 2.05) is 13.8 Å². The van der Waals surface area contributed by atoms with Crippen LogP contribution in [0.15, 0.2) is 4.99 Å². The molecule has 0 spiro atoms. The molecule has 0 bridgehead atoms. The lowest BCUT2D eigenvalue weighted by Gasteiger charge is -2.05. The molecule has 0 fully saturated rings. The minimum absolute atomic E-state index is 0.201. The van der Waals surface area contributed by atoms with Crippen LogP contribution >= 0.6 is 0 Å². The summed E-state index contributed by atoms with van der Waals surface area (Å²) in [7, 11) is 1.40. The van der Waals surface area contributed by atoms with Crippen LogP contribution in [0.1, 0.15) is 40.0 Å². The minimum atomic E-state index is -0.201. The maximum absolute atomic E-state index is 11.0. The molecule has 76 valence electrons. The molecule has 0 rings (SSSR count). The second-order valence-corrected chi connectivity index (χ2v) is 3.29. The van der Waals surface area contributed by atoms with E-state index < -0.39 is 0 Å². The van der Waals surface area contributed by atoms with Gasteiger partial charge in [-0.2, -0.15) is 0 Å². The van der Waals surface area contributed by atoms with Gasteiger partial charge in [-0.3, -0.25) is 9.79 Å². The Balaban J connectivity index is 4.17. The molecule has 0 saturated heterocycles. The summed E-state index contributed by atoms with van der Waals surface area (Å²) in [5.74, 6) is -0.201. The highest BCUT2D eigenvalue weighted by atomic mass is 16.5. The number of carbonyl (C=O) groups excluding carboxylic acids is 1. The molecule has 0 N–H and O–H groups in total. The molecule has 0 heterocycles. The Labute approximate surface area is 80.2 Å². The molecule has 3 heteroatoms. The van der Waals surface area contributed by atoms with Gasteiger partial charge in [0.1, 0.15) is 0 Å². The molecule has 0 unspecified atom stereocenters. The van der Waals surface area contributed by atoms with E-state index in [9.17, 15) is 4.79 Å². The molecule has 0 aromatic rings. The maximum Gasteiger partial charge on any atom is 0.311 e. The van der Waals surface area contributed by atoms with Crippen LogP contribution in [0.5, 0.6) is 0 Å².